The average Bonchev–Trinajstić information content (AvgIpc) is 2.28. The highest BCUT2D eigenvalue weighted by atomic mass is 32.2. The van der Waals surface area contributed by atoms with E-state index in [1.165, 1.54) is 38.2 Å². The molecule has 1 saturated carbocycles. The van der Waals surface area contributed by atoms with Crippen LogP contribution in [0.1, 0.15) is 39.0 Å². The van der Waals surface area contributed by atoms with Crippen LogP contribution >= 0.6 is 11.8 Å². The molecule has 0 aromatic carbocycles. The Morgan fingerprint density at radius 1 is 1.47 bits per heavy atom. The largest absolute Gasteiger partial charge is 0.383 e. The Morgan fingerprint density at radius 3 is 2.76 bits per heavy atom. The van der Waals surface area contributed by atoms with E-state index in [1.54, 1.807) is 11.8 Å². The van der Waals surface area contributed by atoms with Crippen molar-refractivity contribution in [3.05, 3.63) is 16.4 Å². The SMILES string of the molecule is CCC1CCC(Sc2nc(N)cc(=O)[nH]2)CC1. The number of nitrogens with two attached hydrogens (primary N) is 1. The first-order valence-electron chi connectivity index (χ1n) is 6.21. The van der Waals surface area contributed by atoms with Crippen LogP contribution in [-0.4, -0.2) is 15.2 Å². The lowest BCUT2D eigenvalue weighted by Gasteiger charge is -2.26. The fourth-order valence-electron chi connectivity index (χ4n) is 2.32. The molecule has 1 aromatic heterocycles. The number of nitrogen functional groups attached to an aromatic ring is 1. The minimum absolute atomic E-state index is 0.165. The molecule has 3 N–H and O–H groups in total. The van der Waals surface area contributed by atoms with Gasteiger partial charge in [0.15, 0.2) is 5.16 Å². The fraction of sp³-hybridized carbons (Fsp3) is 0.667. The molecule has 0 aliphatic heterocycles. The molecule has 0 atom stereocenters. The van der Waals surface area contributed by atoms with Crippen molar-refractivity contribution in [1.82, 2.24) is 9.97 Å². The molecule has 1 aliphatic carbocycles. The van der Waals surface area contributed by atoms with E-state index >= 15 is 0 Å². The van der Waals surface area contributed by atoms with Crippen LogP contribution in [0.5, 0.6) is 0 Å². The van der Waals surface area contributed by atoms with Crippen molar-refractivity contribution in [1.29, 1.82) is 0 Å². The van der Waals surface area contributed by atoms with Crippen LogP contribution in [0.4, 0.5) is 5.82 Å². The van der Waals surface area contributed by atoms with E-state index in [0.29, 0.717) is 16.2 Å². The van der Waals surface area contributed by atoms with Crippen molar-refractivity contribution in [3.63, 3.8) is 0 Å². The quantitative estimate of drug-likeness (QED) is 0.811. The number of nitrogens with zero attached hydrogens (tertiary/aromatic N) is 1. The molecule has 0 spiro atoms. The Morgan fingerprint density at radius 2 is 2.18 bits per heavy atom. The highest BCUT2D eigenvalue weighted by Crippen LogP contribution is 2.35. The predicted molar refractivity (Wildman–Crippen MR) is 71.2 cm³/mol. The smallest absolute Gasteiger partial charge is 0.253 e. The number of hydrogen-bond acceptors (Lipinski definition) is 4. The lowest BCUT2D eigenvalue weighted by atomic mass is 9.87. The van der Waals surface area contributed by atoms with Gasteiger partial charge in [-0.15, -0.1) is 0 Å². The van der Waals surface area contributed by atoms with Gasteiger partial charge < -0.3 is 10.7 Å². The van der Waals surface area contributed by atoms with Crippen LogP contribution in [-0.2, 0) is 0 Å². The zero-order valence-electron chi connectivity index (χ0n) is 10.1. The molecule has 0 bridgehead atoms. The van der Waals surface area contributed by atoms with Crippen molar-refractivity contribution in [2.45, 2.75) is 49.4 Å². The second-order valence-corrected chi connectivity index (χ2v) is 5.93. The number of aromatic amines is 1. The van der Waals surface area contributed by atoms with Gasteiger partial charge in [-0.3, -0.25) is 4.79 Å². The lowest BCUT2D eigenvalue weighted by molar-refractivity contribution is 0.356. The number of rotatable bonds is 3. The average molecular weight is 253 g/mol. The standard InChI is InChI=1S/C12H19N3OS/c1-2-8-3-5-9(6-4-8)17-12-14-10(13)7-11(16)15-12/h7-9H,2-6H2,1H3,(H3,13,14,15,16). The molecule has 0 unspecified atom stereocenters. The second kappa shape index (κ2) is 5.58. The van der Waals surface area contributed by atoms with Gasteiger partial charge in [-0.2, -0.15) is 0 Å². The van der Waals surface area contributed by atoms with E-state index in [-0.39, 0.29) is 5.56 Å². The molecule has 0 amide bonds. The molecule has 1 fully saturated rings. The summed E-state index contributed by atoms with van der Waals surface area (Å²) in [5.74, 6) is 1.19. The normalized spacial score (nSPS) is 24.8. The number of H-pyrrole nitrogens is 1. The summed E-state index contributed by atoms with van der Waals surface area (Å²) in [5.41, 5.74) is 5.40. The maximum atomic E-state index is 11.3. The van der Waals surface area contributed by atoms with Crippen molar-refractivity contribution in [3.8, 4) is 0 Å². The maximum absolute atomic E-state index is 11.3. The van der Waals surface area contributed by atoms with Crippen molar-refractivity contribution in [2.75, 3.05) is 5.73 Å². The van der Waals surface area contributed by atoms with Gasteiger partial charge in [-0.05, 0) is 31.6 Å². The Labute approximate surface area is 105 Å². The van der Waals surface area contributed by atoms with Gasteiger partial charge in [0.1, 0.15) is 5.82 Å². The van der Waals surface area contributed by atoms with Crippen molar-refractivity contribution >= 4 is 17.6 Å². The van der Waals surface area contributed by atoms with Gasteiger partial charge in [-0.25, -0.2) is 4.98 Å². The third-order valence-electron chi connectivity index (χ3n) is 3.39. The molecule has 1 heterocycles. The fourth-order valence-corrected chi connectivity index (χ4v) is 3.47. The molecule has 5 heteroatoms. The number of anilines is 1. The molecule has 0 saturated heterocycles. The molecule has 94 valence electrons. The third-order valence-corrected chi connectivity index (χ3v) is 4.61. The summed E-state index contributed by atoms with van der Waals surface area (Å²) in [4.78, 5) is 18.2. The van der Waals surface area contributed by atoms with Crippen molar-refractivity contribution < 1.29 is 0 Å². The van der Waals surface area contributed by atoms with Crippen LogP contribution in [0, 0.1) is 5.92 Å². The molecular weight excluding hydrogens is 234 g/mol. The van der Waals surface area contributed by atoms with Gasteiger partial charge in [0, 0.05) is 11.3 Å². The minimum Gasteiger partial charge on any atom is -0.383 e. The summed E-state index contributed by atoms with van der Waals surface area (Å²) in [7, 11) is 0. The number of hydrogen-bond donors (Lipinski definition) is 2. The highest BCUT2D eigenvalue weighted by molar-refractivity contribution is 7.99. The summed E-state index contributed by atoms with van der Waals surface area (Å²) >= 11 is 1.66. The molecule has 0 radical (unpaired) electrons. The maximum Gasteiger partial charge on any atom is 0.253 e. The third kappa shape index (κ3) is 3.49. The summed E-state index contributed by atoms with van der Waals surface area (Å²) in [6, 6.07) is 1.32. The molecule has 2 rings (SSSR count). The van der Waals surface area contributed by atoms with Gasteiger partial charge in [0.25, 0.3) is 5.56 Å². The van der Waals surface area contributed by atoms with Crippen LogP contribution in [0.15, 0.2) is 16.0 Å². The van der Waals surface area contributed by atoms with Gasteiger partial charge in [0.05, 0.1) is 0 Å². The van der Waals surface area contributed by atoms with E-state index < -0.39 is 0 Å². The molecule has 1 aromatic rings. The molecule has 17 heavy (non-hydrogen) atoms. The van der Waals surface area contributed by atoms with E-state index in [0.717, 1.165) is 5.92 Å². The van der Waals surface area contributed by atoms with E-state index in [2.05, 4.69) is 16.9 Å². The highest BCUT2D eigenvalue weighted by Gasteiger charge is 2.21. The van der Waals surface area contributed by atoms with Crippen LogP contribution in [0.2, 0.25) is 0 Å². The topological polar surface area (TPSA) is 71.8 Å². The summed E-state index contributed by atoms with van der Waals surface area (Å²) < 4.78 is 0. The first kappa shape index (κ1) is 12.5. The zero-order chi connectivity index (χ0) is 12.3. The zero-order valence-corrected chi connectivity index (χ0v) is 10.9. The summed E-state index contributed by atoms with van der Waals surface area (Å²) in [6.45, 7) is 2.26. The second-order valence-electron chi connectivity index (χ2n) is 4.64. The lowest BCUT2D eigenvalue weighted by Crippen LogP contribution is -2.17. The van der Waals surface area contributed by atoms with Crippen LogP contribution in [0.3, 0.4) is 0 Å². The molecule has 1 aliphatic rings. The van der Waals surface area contributed by atoms with Gasteiger partial charge >= 0.3 is 0 Å². The predicted octanol–water partition coefficient (Wildman–Crippen LogP) is 2.41. The van der Waals surface area contributed by atoms with Crippen LogP contribution < -0.4 is 11.3 Å². The molecular formula is C12H19N3OS. The Bertz CT molecular complexity index is 424. The van der Waals surface area contributed by atoms with E-state index in [4.69, 9.17) is 5.73 Å². The number of thioether (sulfide) groups is 1. The Hall–Kier alpha value is -0.970. The van der Waals surface area contributed by atoms with Crippen molar-refractivity contribution in [2.24, 2.45) is 5.92 Å². The molecule has 4 nitrogen and oxygen atoms in total. The first-order valence-corrected chi connectivity index (χ1v) is 7.09. The van der Waals surface area contributed by atoms with E-state index in [9.17, 15) is 4.79 Å². The number of aromatic nitrogens is 2. The van der Waals surface area contributed by atoms with Crippen LogP contribution in [0.25, 0.3) is 0 Å². The Balaban J connectivity index is 1.95. The summed E-state index contributed by atoms with van der Waals surface area (Å²) in [5, 5.41) is 1.23. The number of nitrogens with one attached hydrogen (secondary N) is 1. The summed E-state index contributed by atoms with van der Waals surface area (Å²) in [6.07, 6.45) is 6.29. The Kier molecular flexibility index (Phi) is 4.10. The first-order chi connectivity index (χ1) is 8.17. The van der Waals surface area contributed by atoms with E-state index in [1.807, 2.05) is 0 Å². The minimum atomic E-state index is -0.165. The van der Waals surface area contributed by atoms with Gasteiger partial charge in [0.2, 0.25) is 0 Å². The van der Waals surface area contributed by atoms with Gasteiger partial charge in [-0.1, -0.05) is 25.1 Å². The monoisotopic (exact) mass is 253 g/mol.